The maximum Gasteiger partial charge on any atom is 0.490 e. The topological polar surface area (TPSA) is 160 Å². The standard InChI is InChI=1S/C31H27F4N5O4.C2HF3O2/c1-3-18-20(33)6-5-15-9-17(41)10-19(22(15)18)23-25(34)27-24(28(43-2)26(23)35)29(37-12-21(36)42)39-30(38-27)44-14-31-7-4-8-40(31)13-16(32)11-31;3-2(4,5)1(6)7/h1,5-6,9-10,16,41H,4,7-8,11-14H2,2H3,(H2,36,42)(H,37,38,39);(H,6,7)/t16-,31+;/m1./s1. The second-order valence-electron chi connectivity index (χ2n) is 11.8. The van der Waals surface area contributed by atoms with Crippen LogP contribution in [0.5, 0.6) is 17.5 Å². The Bertz CT molecular complexity index is 2090. The van der Waals surface area contributed by atoms with Gasteiger partial charge >= 0.3 is 18.2 Å². The van der Waals surface area contributed by atoms with Gasteiger partial charge in [0.2, 0.25) is 5.91 Å². The fourth-order valence-electron chi connectivity index (χ4n) is 6.45. The molecule has 0 bridgehead atoms. The van der Waals surface area contributed by atoms with Crippen molar-refractivity contribution in [3.8, 4) is 41.0 Å². The van der Waals surface area contributed by atoms with Crippen LogP contribution in [-0.2, 0) is 9.59 Å². The van der Waals surface area contributed by atoms with E-state index in [0.717, 1.165) is 25.7 Å². The van der Waals surface area contributed by atoms with Crippen molar-refractivity contribution in [3.05, 3.63) is 47.3 Å². The molecule has 3 heterocycles. The monoisotopic (exact) mass is 723 g/mol. The molecule has 1 amide bonds. The number of nitrogens with zero attached hydrogens (tertiary/aromatic N) is 3. The van der Waals surface area contributed by atoms with Crippen molar-refractivity contribution in [3.63, 3.8) is 0 Å². The van der Waals surface area contributed by atoms with E-state index in [4.69, 9.17) is 31.5 Å². The van der Waals surface area contributed by atoms with Crippen LogP contribution in [0, 0.1) is 29.8 Å². The molecule has 18 heteroatoms. The van der Waals surface area contributed by atoms with Crippen LogP contribution < -0.4 is 20.5 Å². The summed E-state index contributed by atoms with van der Waals surface area (Å²) in [4.78, 5) is 31.0. The molecule has 0 aliphatic carbocycles. The van der Waals surface area contributed by atoms with Gasteiger partial charge in [0.15, 0.2) is 17.4 Å². The number of hydrogen-bond donors (Lipinski definition) is 4. The fraction of sp³-hybridized carbons (Fsp3) is 0.333. The summed E-state index contributed by atoms with van der Waals surface area (Å²) in [5.74, 6) is -5.67. The number of carbonyl (C=O) groups excluding carboxylic acids is 1. The third-order valence-electron chi connectivity index (χ3n) is 8.53. The number of nitrogens with one attached hydrogen (secondary N) is 1. The molecule has 0 unspecified atom stereocenters. The van der Waals surface area contributed by atoms with E-state index in [2.05, 4.69) is 21.2 Å². The van der Waals surface area contributed by atoms with Gasteiger partial charge < -0.3 is 30.7 Å². The van der Waals surface area contributed by atoms with Crippen molar-refractivity contribution in [2.45, 2.75) is 37.1 Å². The molecule has 5 N–H and O–H groups in total. The van der Waals surface area contributed by atoms with Gasteiger partial charge in [0.25, 0.3) is 0 Å². The van der Waals surface area contributed by atoms with E-state index < -0.39 is 70.6 Å². The number of alkyl halides is 4. The van der Waals surface area contributed by atoms with E-state index in [1.54, 1.807) is 0 Å². The number of primary amides is 1. The third kappa shape index (κ3) is 7.06. The number of carbonyl (C=O) groups is 2. The van der Waals surface area contributed by atoms with Gasteiger partial charge in [0.05, 0.1) is 35.7 Å². The second kappa shape index (κ2) is 14.0. The number of phenols is 1. The van der Waals surface area contributed by atoms with Crippen LogP contribution >= 0.6 is 0 Å². The summed E-state index contributed by atoms with van der Waals surface area (Å²) in [5, 5.41) is 20.2. The van der Waals surface area contributed by atoms with Crippen molar-refractivity contribution < 1.29 is 60.0 Å². The van der Waals surface area contributed by atoms with Crippen LogP contribution in [0.4, 0.5) is 36.6 Å². The van der Waals surface area contributed by atoms with Gasteiger partial charge in [-0.1, -0.05) is 12.0 Å². The number of aromatic hydroxyl groups is 1. The van der Waals surface area contributed by atoms with E-state index in [9.17, 15) is 31.9 Å². The molecule has 4 aromatic rings. The van der Waals surface area contributed by atoms with Crippen molar-refractivity contribution in [1.29, 1.82) is 0 Å². The number of halogens is 7. The zero-order chi connectivity index (χ0) is 37.4. The van der Waals surface area contributed by atoms with Crippen LogP contribution in [0.15, 0.2) is 24.3 Å². The molecule has 3 aromatic carbocycles. The number of aliphatic carboxylic acids is 1. The number of benzene rings is 3. The number of aromatic nitrogens is 2. The molecule has 51 heavy (non-hydrogen) atoms. The summed E-state index contributed by atoms with van der Waals surface area (Å²) >= 11 is 0. The lowest BCUT2D eigenvalue weighted by Gasteiger charge is -2.30. The Morgan fingerprint density at radius 3 is 2.51 bits per heavy atom. The Kier molecular flexibility index (Phi) is 10.1. The maximum absolute atomic E-state index is 16.6. The molecular weight excluding hydrogens is 695 g/mol. The third-order valence-corrected chi connectivity index (χ3v) is 8.53. The lowest BCUT2D eigenvalue weighted by Crippen LogP contribution is -2.43. The summed E-state index contributed by atoms with van der Waals surface area (Å²) in [6.45, 7) is 0.534. The molecule has 2 fully saturated rings. The average Bonchev–Trinajstić information content (AvgIpc) is 3.58. The Balaban J connectivity index is 0.000000654. The molecule has 2 atom stereocenters. The van der Waals surface area contributed by atoms with Gasteiger partial charge in [-0.05, 0) is 43.0 Å². The summed E-state index contributed by atoms with van der Waals surface area (Å²) in [6, 6.07) is 4.41. The highest BCUT2D eigenvalue weighted by Gasteiger charge is 2.49. The van der Waals surface area contributed by atoms with E-state index in [-0.39, 0.29) is 64.4 Å². The molecule has 2 aliphatic heterocycles. The first-order valence-electron chi connectivity index (χ1n) is 15.0. The van der Waals surface area contributed by atoms with Gasteiger partial charge in [-0.3, -0.25) is 9.69 Å². The highest BCUT2D eigenvalue weighted by Crippen LogP contribution is 2.46. The molecule has 6 rings (SSSR count). The normalized spacial score (nSPS) is 18.5. The van der Waals surface area contributed by atoms with Crippen molar-refractivity contribution in [1.82, 2.24) is 14.9 Å². The molecule has 270 valence electrons. The second-order valence-corrected chi connectivity index (χ2v) is 11.8. The highest BCUT2D eigenvalue weighted by molar-refractivity contribution is 6.06. The fourth-order valence-corrected chi connectivity index (χ4v) is 6.45. The Morgan fingerprint density at radius 2 is 1.88 bits per heavy atom. The number of carboxylic acid groups (broad SMARTS) is 1. The van der Waals surface area contributed by atoms with Gasteiger partial charge in [0.1, 0.15) is 35.7 Å². The van der Waals surface area contributed by atoms with Crippen LogP contribution in [-0.4, -0.2) is 88.2 Å². The minimum absolute atomic E-state index is 0.00297. The Labute approximate surface area is 284 Å². The lowest BCUT2D eigenvalue weighted by molar-refractivity contribution is -0.192. The van der Waals surface area contributed by atoms with Crippen molar-refractivity contribution in [2.75, 3.05) is 38.7 Å². The number of methoxy groups -OCH3 is 1. The number of anilines is 1. The van der Waals surface area contributed by atoms with Gasteiger partial charge in [0, 0.05) is 23.9 Å². The van der Waals surface area contributed by atoms with E-state index in [1.165, 1.54) is 12.1 Å². The lowest BCUT2D eigenvalue weighted by atomic mass is 9.92. The first-order chi connectivity index (χ1) is 24.0. The van der Waals surface area contributed by atoms with Crippen molar-refractivity contribution in [2.24, 2.45) is 5.73 Å². The molecule has 0 saturated carbocycles. The van der Waals surface area contributed by atoms with Gasteiger partial charge in [-0.25, -0.2) is 22.4 Å². The Hall–Kier alpha value is -5.57. The molecule has 11 nitrogen and oxygen atoms in total. The van der Waals surface area contributed by atoms with E-state index in [0.29, 0.717) is 13.0 Å². The number of carboxylic acids is 1. The summed E-state index contributed by atoms with van der Waals surface area (Å²) < 4.78 is 105. The zero-order valence-electron chi connectivity index (χ0n) is 26.5. The molecule has 0 radical (unpaired) electrons. The number of amides is 1. The predicted octanol–water partition coefficient (Wildman–Crippen LogP) is 5.05. The minimum Gasteiger partial charge on any atom is -0.508 e. The van der Waals surface area contributed by atoms with Crippen LogP contribution in [0.2, 0.25) is 0 Å². The van der Waals surface area contributed by atoms with Crippen molar-refractivity contribution >= 4 is 39.4 Å². The number of hydrogen-bond acceptors (Lipinski definition) is 9. The number of ether oxygens (including phenoxy) is 2. The maximum atomic E-state index is 16.6. The highest BCUT2D eigenvalue weighted by atomic mass is 19.4. The quantitative estimate of drug-likeness (QED) is 0.143. The number of phenolic OH excluding ortho intramolecular Hbond substituents is 1. The largest absolute Gasteiger partial charge is 0.508 e. The number of fused-ring (bicyclic) bond motifs is 3. The average molecular weight is 724 g/mol. The molecular formula is C33H28F7N5O6. The van der Waals surface area contributed by atoms with Crippen LogP contribution in [0.1, 0.15) is 24.8 Å². The molecule has 0 spiro atoms. The minimum atomic E-state index is -5.08. The number of rotatable bonds is 8. The number of nitrogens with two attached hydrogens (primary N) is 1. The van der Waals surface area contributed by atoms with Gasteiger partial charge in [-0.2, -0.15) is 23.1 Å². The zero-order valence-corrected chi connectivity index (χ0v) is 26.5. The van der Waals surface area contributed by atoms with E-state index >= 15 is 8.78 Å². The molecule has 2 saturated heterocycles. The molecule has 1 aromatic heterocycles. The van der Waals surface area contributed by atoms with Gasteiger partial charge in [-0.15, -0.1) is 6.42 Å². The van der Waals surface area contributed by atoms with E-state index in [1.807, 2.05) is 4.90 Å². The van der Waals surface area contributed by atoms with Crippen LogP contribution in [0.3, 0.4) is 0 Å². The summed E-state index contributed by atoms with van der Waals surface area (Å²) in [5.41, 5.74) is 3.02. The SMILES string of the molecule is C#Cc1c(F)ccc2cc(O)cc(-c3c(F)c(OC)c4c(NCC(N)=O)nc(OC[C@@]56CCCN5C[C@H](F)C6)nc4c3F)c12.O=C(O)C(F)(F)F. The predicted molar refractivity (Wildman–Crippen MR) is 168 cm³/mol. The molecule has 2 aliphatic rings. The number of terminal acetylenes is 1. The smallest absolute Gasteiger partial charge is 0.490 e. The Morgan fingerprint density at radius 1 is 1.18 bits per heavy atom. The summed E-state index contributed by atoms with van der Waals surface area (Å²) in [7, 11) is 1.14. The first kappa shape index (κ1) is 36.7. The van der Waals surface area contributed by atoms with Crippen LogP contribution in [0.25, 0.3) is 32.8 Å². The summed E-state index contributed by atoms with van der Waals surface area (Å²) in [6.07, 6.45) is 1.26. The first-order valence-corrected chi connectivity index (χ1v) is 15.0.